The maximum absolute atomic E-state index is 5.51. The number of pyridine rings is 1. The van der Waals surface area contributed by atoms with Crippen molar-refractivity contribution < 1.29 is 4.42 Å². The Morgan fingerprint density at radius 2 is 2.29 bits per heavy atom. The van der Waals surface area contributed by atoms with Gasteiger partial charge in [-0.25, -0.2) is 4.98 Å². The minimum absolute atomic E-state index is 0.666. The summed E-state index contributed by atoms with van der Waals surface area (Å²) in [5.74, 6) is 0.806. The van der Waals surface area contributed by atoms with E-state index in [4.69, 9.17) is 10.2 Å². The molecular formula is C10H11N3O. The summed E-state index contributed by atoms with van der Waals surface area (Å²) in [4.78, 5) is 4.11. The summed E-state index contributed by atoms with van der Waals surface area (Å²) in [5.41, 5.74) is 7.26. The third-order valence-electron chi connectivity index (χ3n) is 1.84. The molecule has 2 rings (SSSR count). The van der Waals surface area contributed by atoms with Crippen molar-refractivity contribution in [3.05, 3.63) is 42.5 Å². The van der Waals surface area contributed by atoms with E-state index in [-0.39, 0.29) is 0 Å². The van der Waals surface area contributed by atoms with E-state index >= 15 is 0 Å². The smallest absolute Gasteiger partial charge is 0.126 e. The van der Waals surface area contributed by atoms with Crippen molar-refractivity contribution in [3.63, 3.8) is 0 Å². The lowest BCUT2D eigenvalue weighted by atomic mass is 10.3. The van der Waals surface area contributed by atoms with Crippen LogP contribution in [0.5, 0.6) is 0 Å². The van der Waals surface area contributed by atoms with Crippen LogP contribution in [0, 0.1) is 0 Å². The summed E-state index contributed by atoms with van der Waals surface area (Å²) in [6.07, 6.45) is 4.97. The molecule has 3 N–H and O–H groups in total. The maximum Gasteiger partial charge on any atom is 0.126 e. The van der Waals surface area contributed by atoms with Gasteiger partial charge in [-0.1, -0.05) is 0 Å². The molecule has 0 unspecified atom stereocenters. The molecule has 2 aromatic rings. The van der Waals surface area contributed by atoms with E-state index in [0.29, 0.717) is 12.2 Å². The number of nitrogen functional groups attached to an aromatic ring is 1. The van der Waals surface area contributed by atoms with Crippen LogP contribution in [-0.4, -0.2) is 4.98 Å². The molecule has 0 radical (unpaired) electrons. The fourth-order valence-electron chi connectivity index (χ4n) is 1.10. The highest BCUT2D eigenvalue weighted by Gasteiger charge is 1.95. The molecule has 0 bridgehead atoms. The first kappa shape index (κ1) is 8.62. The SMILES string of the molecule is Nc1ccc(NCc2ccoc2)nc1. The molecule has 0 aromatic carbocycles. The number of hydrogen-bond donors (Lipinski definition) is 2. The van der Waals surface area contributed by atoms with E-state index < -0.39 is 0 Å². The van der Waals surface area contributed by atoms with Crippen molar-refractivity contribution in [2.24, 2.45) is 0 Å². The molecule has 0 fully saturated rings. The van der Waals surface area contributed by atoms with Crippen molar-refractivity contribution in [1.29, 1.82) is 0 Å². The van der Waals surface area contributed by atoms with Gasteiger partial charge >= 0.3 is 0 Å². The van der Waals surface area contributed by atoms with Crippen LogP contribution in [-0.2, 0) is 6.54 Å². The fourth-order valence-corrected chi connectivity index (χ4v) is 1.10. The van der Waals surface area contributed by atoms with Crippen LogP contribution in [0.25, 0.3) is 0 Å². The van der Waals surface area contributed by atoms with Gasteiger partial charge in [-0.05, 0) is 18.2 Å². The lowest BCUT2D eigenvalue weighted by Crippen LogP contribution is -2.00. The quantitative estimate of drug-likeness (QED) is 0.773. The zero-order valence-corrected chi connectivity index (χ0v) is 7.60. The molecule has 14 heavy (non-hydrogen) atoms. The Labute approximate surface area is 81.8 Å². The highest BCUT2D eigenvalue weighted by atomic mass is 16.3. The first-order valence-corrected chi connectivity index (χ1v) is 4.31. The van der Waals surface area contributed by atoms with Gasteiger partial charge < -0.3 is 15.5 Å². The second-order valence-electron chi connectivity index (χ2n) is 2.96. The summed E-state index contributed by atoms with van der Waals surface area (Å²) in [7, 11) is 0. The third kappa shape index (κ3) is 2.04. The van der Waals surface area contributed by atoms with Crippen LogP contribution in [0.3, 0.4) is 0 Å². The summed E-state index contributed by atoms with van der Waals surface area (Å²) < 4.78 is 4.94. The molecule has 0 aliphatic carbocycles. The third-order valence-corrected chi connectivity index (χ3v) is 1.84. The molecule has 0 saturated carbocycles. The van der Waals surface area contributed by atoms with E-state index in [1.54, 1.807) is 18.7 Å². The number of nitrogens with two attached hydrogens (primary N) is 1. The number of nitrogens with one attached hydrogen (secondary N) is 1. The number of hydrogen-bond acceptors (Lipinski definition) is 4. The minimum atomic E-state index is 0.666. The standard InChI is InChI=1S/C10H11N3O/c11-9-1-2-10(13-6-9)12-5-8-3-4-14-7-8/h1-4,6-7H,5,11H2,(H,12,13). The van der Waals surface area contributed by atoms with Gasteiger partial charge in [0.1, 0.15) is 5.82 Å². The highest BCUT2D eigenvalue weighted by Crippen LogP contribution is 2.08. The first-order chi connectivity index (χ1) is 6.84. The van der Waals surface area contributed by atoms with E-state index in [1.807, 2.05) is 18.2 Å². The van der Waals surface area contributed by atoms with Crippen LogP contribution < -0.4 is 11.1 Å². The zero-order chi connectivity index (χ0) is 9.80. The Morgan fingerprint density at radius 1 is 1.36 bits per heavy atom. The summed E-state index contributed by atoms with van der Waals surface area (Å²) in [6.45, 7) is 0.702. The summed E-state index contributed by atoms with van der Waals surface area (Å²) in [5, 5.41) is 3.15. The largest absolute Gasteiger partial charge is 0.472 e. The van der Waals surface area contributed by atoms with Gasteiger partial charge in [0, 0.05) is 12.1 Å². The monoisotopic (exact) mass is 189 g/mol. The normalized spacial score (nSPS) is 10.0. The zero-order valence-electron chi connectivity index (χ0n) is 7.60. The minimum Gasteiger partial charge on any atom is -0.472 e. The Bertz CT molecular complexity index is 380. The molecule has 0 atom stereocenters. The topological polar surface area (TPSA) is 64.1 Å². The Morgan fingerprint density at radius 3 is 2.93 bits per heavy atom. The number of rotatable bonds is 3. The van der Waals surface area contributed by atoms with Crippen LogP contribution >= 0.6 is 0 Å². The average Bonchev–Trinajstić information content (AvgIpc) is 2.70. The Hall–Kier alpha value is -1.97. The maximum atomic E-state index is 5.51. The van der Waals surface area contributed by atoms with Crippen LogP contribution in [0.1, 0.15) is 5.56 Å². The molecule has 2 aromatic heterocycles. The molecule has 4 heteroatoms. The Kier molecular flexibility index (Phi) is 2.36. The van der Waals surface area contributed by atoms with Crippen molar-refractivity contribution in [3.8, 4) is 0 Å². The summed E-state index contributed by atoms with van der Waals surface area (Å²) in [6, 6.07) is 5.56. The molecule has 0 aliphatic rings. The van der Waals surface area contributed by atoms with Crippen LogP contribution in [0.15, 0.2) is 41.3 Å². The molecule has 0 spiro atoms. The average molecular weight is 189 g/mol. The van der Waals surface area contributed by atoms with E-state index in [0.717, 1.165) is 11.4 Å². The number of nitrogens with zero attached hydrogens (tertiary/aromatic N) is 1. The molecule has 0 amide bonds. The predicted octanol–water partition coefficient (Wildman–Crippen LogP) is 1.87. The molecule has 72 valence electrons. The van der Waals surface area contributed by atoms with Gasteiger partial charge in [0.25, 0.3) is 0 Å². The van der Waals surface area contributed by atoms with Gasteiger partial charge in [0.15, 0.2) is 0 Å². The number of furan rings is 1. The van der Waals surface area contributed by atoms with Crippen molar-refractivity contribution in [1.82, 2.24) is 4.98 Å². The van der Waals surface area contributed by atoms with Gasteiger partial charge in [0.2, 0.25) is 0 Å². The molecule has 4 nitrogen and oxygen atoms in total. The van der Waals surface area contributed by atoms with Crippen LogP contribution in [0.2, 0.25) is 0 Å². The highest BCUT2D eigenvalue weighted by molar-refractivity contribution is 5.43. The molecule has 0 saturated heterocycles. The predicted molar refractivity (Wildman–Crippen MR) is 54.7 cm³/mol. The first-order valence-electron chi connectivity index (χ1n) is 4.31. The number of aromatic nitrogens is 1. The second-order valence-corrected chi connectivity index (χ2v) is 2.96. The van der Waals surface area contributed by atoms with Gasteiger partial charge in [-0.3, -0.25) is 0 Å². The van der Waals surface area contributed by atoms with E-state index in [1.165, 1.54) is 0 Å². The van der Waals surface area contributed by atoms with Gasteiger partial charge in [0.05, 0.1) is 24.4 Å². The lowest BCUT2D eigenvalue weighted by molar-refractivity contribution is 0.564. The number of anilines is 2. The van der Waals surface area contributed by atoms with Crippen molar-refractivity contribution in [2.75, 3.05) is 11.1 Å². The molecular weight excluding hydrogens is 178 g/mol. The van der Waals surface area contributed by atoms with Gasteiger partial charge in [-0.15, -0.1) is 0 Å². The van der Waals surface area contributed by atoms with Gasteiger partial charge in [-0.2, -0.15) is 0 Å². The van der Waals surface area contributed by atoms with Crippen molar-refractivity contribution >= 4 is 11.5 Å². The van der Waals surface area contributed by atoms with Crippen molar-refractivity contribution in [2.45, 2.75) is 6.54 Å². The molecule has 2 heterocycles. The lowest BCUT2D eigenvalue weighted by Gasteiger charge is -2.02. The fraction of sp³-hybridized carbons (Fsp3) is 0.100. The molecule has 0 aliphatic heterocycles. The van der Waals surface area contributed by atoms with Crippen LogP contribution in [0.4, 0.5) is 11.5 Å². The Balaban J connectivity index is 1.95. The summed E-state index contributed by atoms with van der Waals surface area (Å²) >= 11 is 0. The van der Waals surface area contributed by atoms with E-state index in [2.05, 4.69) is 10.3 Å². The second kappa shape index (κ2) is 3.83. The van der Waals surface area contributed by atoms with E-state index in [9.17, 15) is 0 Å².